The van der Waals surface area contributed by atoms with E-state index in [0.29, 0.717) is 18.9 Å². The molecule has 136 valence electrons. The van der Waals surface area contributed by atoms with Gasteiger partial charge in [-0.1, -0.05) is 34.5 Å². The summed E-state index contributed by atoms with van der Waals surface area (Å²) in [6.07, 6.45) is -2.43. The van der Waals surface area contributed by atoms with Gasteiger partial charge in [-0.25, -0.2) is 0 Å². The van der Waals surface area contributed by atoms with Gasteiger partial charge in [-0.15, -0.1) is 24.0 Å². The average Bonchev–Trinajstić information content (AvgIpc) is 2.52. The Kier molecular flexibility index (Phi) is 8.83. The van der Waals surface area contributed by atoms with E-state index in [4.69, 9.17) is 0 Å². The third-order valence-corrected chi connectivity index (χ3v) is 4.60. The van der Waals surface area contributed by atoms with Gasteiger partial charge in [-0.3, -0.25) is 4.99 Å². The van der Waals surface area contributed by atoms with Crippen LogP contribution in [-0.4, -0.2) is 25.2 Å². The lowest BCUT2D eigenvalue weighted by atomic mass is 9.85. The van der Waals surface area contributed by atoms with Crippen molar-refractivity contribution in [1.29, 1.82) is 0 Å². The van der Waals surface area contributed by atoms with Crippen LogP contribution in [-0.2, 0) is 6.54 Å². The van der Waals surface area contributed by atoms with E-state index in [1.54, 1.807) is 7.05 Å². The predicted octanol–water partition coefficient (Wildman–Crippen LogP) is 4.85. The highest BCUT2D eigenvalue weighted by molar-refractivity contribution is 14.0. The van der Waals surface area contributed by atoms with E-state index in [1.165, 1.54) is 0 Å². The first kappa shape index (κ1) is 21.5. The SMILES string of the molecule is CN=C(NCc1ccc(Br)cc1)NC1CCCC(C(F)(F)F)C1.I. The molecule has 8 heteroatoms. The number of alkyl halides is 3. The molecule has 0 heterocycles. The fraction of sp³-hybridized carbons (Fsp3) is 0.562. The van der Waals surface area contributed by atoms with Gasteiger partial charge < -0.3 is 10.6 Å². The molecular weight excluding hydrogens is 498 g/mol. The number of rotatable bonds is 3. The Morgan fingerprint density at radius 3 is 2.50 bits per heavy atom. The Hall–Kier alpha value is -0.510. The maximum absolute atomic E-state index is 12.9. The first-order chi connectivity index (χ1) is 10.9. The highest BCUT2D eigenvalue weighted by Crippen LogP contribution is 2.37. The van der Waals surface area contributed by atoms with Gasteiger partial charge in [-0.2, -0.15) is 13.2 Å². The number of nitrogens with zero attached hydrogens (tertiary/aromatic N) is 1. The van der Waals surface area contributed by atoms with Crippen LogP contribution in [0.4, 0.5) is 13.2 Å². The normalized spacial score (nSPS) is 21.8. The Morgan fingerprint density at radius 2 is 1.92 bits per heavy atom. The topological polar surface area (TPSA) is 36.4 Å². The molecule has 2 rings (SSSR count). The molecule has 3 nitrogen and oxygen atoms in total. The standard InChI is InChI=1S/C16H21BrF3N3.HI/c1-21-15(22-10-11-5-7-13(17)8-6-11)23-14-4-2-3-12(9-14)16(18,19)20;/h5-8,12,14H,2-4,9-10H2,1H3,(H2,21,22,23);1H. The van der Waals surface area contributed by atoms with Crippen LogP contribution in [0.3, 0.4) is 0 Å². The van der Waals surface area contributed by atoms with Crippen LogP contribution in [0.25, 0.3) is 0 Å². The summed E-state index contributed by atoms with van der Waals surface area (Å²) in [4.78, 5) is 4.11. The molecule has 0 saturated heterocycles. The average molecular weight is 520 g/mol. The number of guanidine groups is 1. The fourth-order valence-corrected chi connectivity index (χ4v) is 3.06. The quantitative estimate of drug-likeness (QED) is 0.340. The summed E-state index contributed by atoms with van der Waals surface area (Å²) >= 11 is 3.38. The van der Waals surface area contributed by atoms with Gasteiger partial charge in [0.15, 0.2) is 5.96 Å². The Balaban J connectivity index is 0.00000288. The van der Waals surface area contributed by atoms with Crippen LogP contribution in [0.1, 0.15) is 31.2 Å². The number of hydrogen-bond acceptors (Lipinski definition) is 1. The van der Waals surface area contributed by atoms with Gasteiger partial charge in [0.1, 0.15) is 0 Å². The summed E-state index contributed by atoms with van der Waals surface area (Å²) in [5, 5.41) is 6.27. The first-order valence-electron chi connectivity index (χ1n) is 7.67. The second-order valence-electron chi connectivity index (χ2n) is 5.80. The van der Waals surface area contributed by atoms with Crippen molar-refractivity contribution in [2.45, 2.75) is 44.4 Å². The summed E-state index contributed by atoms with van der Waals surface area (Å²) in [5.74, 6) is -0.668. The zero-order valence-electron chi connectivity index (χ0n) is 13.4. The largest absolute Gasteiger partial charge is 0.391 e. The van der Waals surface area contributed by atoms with Crippen molar-refractivity contribution in [3.8, 4) is 0 Å². The summed E-state index contributed by atoms with van der Waals surface area (Å²) in [7, 11) is 1.63. The third kappa shape index (κ3) is 6.78. The molecule has 2 unspecified atom stereocenters. The van der Waals surface area contributed by atoms with E-state index in [2.05, 4.69) is 31.6 Å². The lowest BCUT2D eigenvalue weighted by molar-refractivity contribution is -0.183. The fourth-order valence-electron chi connectivity index (χ4n) is 2.79. The number of benzene rings is 1. The lowest BCUT2D eigenvalue weighted by Crippen LogP contribution is -2.46. The second-order valence-corrected chi connectivity index (χ2v) is 6.71. The van der Waals surface area contributed by atoms with Crippen molar-refractivity contribution < 1.29 is 13.2 Å². The molecule has 24 heavy (non-hydrogen) atoms. The molecule has 1 aliphatic rings. The molecule has 1 fully saturated rings. The molecule has 0 bridgehead atoms. The highest BCUT2D eigenvalue weighted by Gasteiger charge is 2.42. The number of hydrogen-bond donors (Lipinski definition) is 2. The number of nitrogens with one attached hydrogen (secondary N) is 2. The minimum absolute atomic E-state index is 0. The van der Waals surface area contributed by atoms with Crippen molar-refractivity contribution in [3.05, 3.63) is 34.3 Å². The maximum atomic E-state index is 12.9. The van der Waals surface area contributed by atoms with Crippen LogP contribution in [0, 0.1) is 5.92 Å². The van der Waals surface area contributed by atoms with E-state index in [0.717, 1.165) is 16.5 Å². The lowest BCUT2D eigenvalue weighted by Gasteiger charge is -2.31. The monoisotopic (exact) mass is 519 g/mol. The van der Waals surface area contributed by atoms with Crippen LogP contribution in [0.15, 0.2) is 33.7 Å². The van der Waals surface area contributed by atoms with Crippen molar-refractivity contribution in [1.82, 2.24) is 10.6 Å². The van der Waals surface area contributed by atoms with Crippen LogP contribution >= 0.6 is 39.9 Å². The molecule has 0 amide bonds. The van der Waals surface area contributed by atoms with Crippen molar-refractivity contribution >= 4 is 45.9 Å². The molecule has 0 spiro atoms. The predicted molar refractivity (Wildman–Crippen MR) is 105 cm³/mol. The Labute approximate surface area is 166 Å². The maximum Gasteiger partial charge on any atom is 0.391 e. The molecule has 1 aromatic rings. The Bertz CT molecular complexity index is 534. The summed E-state index contributed by atoms with van der Waals surface area (Å²) < 4.78 is 39.6. The molecular formula is C16H22BrF3IN3. The van der Waals surface area contributed by atoms with Gasteiger partial charge in [0.25, 0.3) is 0 Å². The smallest absolute Gasteiger partial charge is 0.354 e. The zero-order chi connectivity index (χ0) is 16.9. The van der Waals surface area contributed by atoms with Crippen molar-refractivity contribution in [2.24, 2.45) is 10.9 Å². The molecule has 0 radical (unpaired) electrons. The summed E-state index contributed by atoms with van der Waals surface area (Å²) in [6, 6.07) is 7.66. The molecule has 1 aliphatic carbocycles. The van der Waals surface area contributed by atoms with Crippen LogP contribution in [0.5, 0.6) is 0 Å². The zero-order valence-corrected chi connectivity index (χ0v) is 17.3. The molecule has 1 aromatic carbocycles. The first-order valence-corrected chi connectivity index (χ1v) is 8.46. The van der Waals surface area contributed by atoms with Crippen molar-refractivity contribution in [2.75, 3.05) is 7.05 Å². The van der Waals surface area contributed by atoms with E-state index >= 15 is 0 Å². The molecule has 0 aliphatic heterocycles. The van der Waals surface area contributed by atoms with E-state index < -0.39 is 12.1 Å². The van der Waals surface area contributed by atoms with Gasteiger partial charge in [-0.05, 0) is 37.0 Å². The third-order valence-electron chi connectivity index (χ3n) is 4.07. The minimum atomic E-state index is -4.10. The van der Waals surface area contributed by atoms with Gasteiger partial charge in [0.05, 0.1) is 5.92 Å². The van der Waals surface area contributed by atoms with E-state index in [9.17, 15) is 13.2 Å². The van der Waals surface area contributed by atoms with Gasteiger partial charge in [0.2, 0.25) is 0 Å². The number of aliphatic imine (C=N–C) groups is 1. The molecule has 1 saturated carbocycles. The van der Waals surface area contributed by atoms with Crippen LogP contribution in [0.2, 0.25) is 0 Å². The highest BCUT2D eigenvalue weighted by atomic mass is 127. The van der Waals surface area contributed by atoms with Crippen LogP contribution < -0.4 is 10.6 Å². The van der Waals surface area contributed by atoms with Gasteiger partial charge in [0, 0.05) is 24.1 Å². The van der Waals surface area contributed by atoms with E-state index in [1.807, 2.05) is 24.3 Å². The summed E-state index contributed by atoms with van der Waals surface area (Å²) in [5.41, 5.74) is 1.08. The molecule has 2 atom stereocenters. The molecule has 2 N–H and O–H groups in total. The van der Waals surface area contributed by atoms with Crippen molar-refractivity contribution in [3.63, 3.8) is 0 Å². The number of halogens is 5. The van der Waals surface area contributed by atoms with Gasteiger partial charge >= 0.3 is 6.18 Å². The molecule has 0 aromatic heterocycles. The minimum Gasteiger partial charge on any atom is -0.354 e. The van der Waals surface area contributed by atoms with E-state index in [-0.39, 0.29) is 42.9 Å². The Morgan fingerprint density at radius 1 is 1.25 bits per heavy atom. The summed E-state index contributed by atoms with van der Waals surface area (Å²) in [6.45, 7) is 0.572. The second kappa shape index (κ2) is 9.84.